The van der Waals surface area contributed by atoms with Crippen molar-refractivity contribution in [2.45, 2.75) is 6.42 Å². The van der Waals surface area contributed by atoms with Crippen LogP contribution in [0.2, 0.25) is 10.0 Å². The standard InChI is InChI=1S/C13H16Cl2N2OS/c14-10-1-2-11(15)12(5-10)17-13(18)3-4-19-8-9-6-16-7-9/h1-2,5,9,16H,3-4,6-8H2,(H,17,18). The molecule has 2 N–H and O–H groups in total. The van der Waals surface area contributed by atoms with Gasteiger partial charge >= 0.3 is 0 Å². The number of carbonyl (C=O) groups is 1. The molecule has 0 aliphatic carbocycles. The molecule has 2 rings (SSSR count). The second-order valence-corrected chi connectivity index (χ2v) is 6.51. The van der Waals surface area contributed by atoms with Gasteiger partial charge in [0.25, 0.3) is 0 Å². The van der Waals surface area contributed by atoms with E-state index in [0.717, 1.165) is 30.5 Å². The summed E-state index contributed by atoms with van der Waals surface area (Å²) in [6.45, 7) is 2.22. The number of hydrogen-bond acceptors (Lipinski definition) is 3. The van der Waals surface area contributed by atoms with Crippen molar-refractivity contribution in [3.63, 3.8) is 0 Å². The van der Waals surface area contributed by atoms with Crippen LogP contribution in [0.1, 0.15) is 6.42 Å². The zero-order valence-electron chi connectivity index (χ0n) is 10.4. The van der Waals surface area contributed by atoms with E-state index in [9.17, 15) is 4.79 Å². The number of anilines is 1. The number of hydrogen-bond donors (Lipinski definition) is 2. The Hall–Kier alpha value is -0.420. The maximum Gasteiger partial charge on any atom is 0.225 e. The molecule has 0 aromatic heterocycles. The lowest BCUT2D eigenvalue weighted by Crippen LogP contribution is -2.43. The van der Waals surface area contributed by atoms with E-state index >= 15 is 0 Å². The molecular weight excluding hydrogens is 303 g/mol. The van der Waals surface area contributed by atoms with E-state index in [1.807, 2.05) is 11.8 Å². The molecule has 19 heavy (non-hydrogen) atoms. The molecule has 6 heteroatoms. The summed E-state index contributed by atoms with van der Waals surface area (Å²) >= 11 is 13.7. The molecule has 0 saturated carbocycles. The first-order valence-electron chi connectivity index (χ1n) is 6.18. The molecule has 1 amide bonds. The van der Waals surface area contributed by atoms with Crippen molar-refractivity contribution in [1.82, 2.24) is 5.32 Å². The van der Waals surface area contributed by atoms with Gasteiger partial charge in [-0.1, -0.05) is 23.2 Å². The van der Waals surface area contributed by atoms with E-state index in [-0.39, 0.29) is 5.91 Å². The fraction of sp³-hybridized carbons (Fsp3) is 0.462. The van der Waals surface area contributed by atoms with Gasteiger partial charge in [0.2, 0.25) is 5.91 Å². The van der Waals surface area contributed by atoms with Crippen molar-refractivity contribution < 1.29 is 4.79 Å². The fourth-order valence-electron chi connectivity index (χ4n) is 1.69. The summed E-state index contributed by atoms with van der Waals surface area (Å²) < 4.78 is 0. The fourth-order valence-corrected chi connectivity index (χ4v) is 3.09. The van der Waals surface area contributed by atoms with Crippen molar-refractivity contribution in [2.75, 3.05) is 29.9 Å². The summed E-state index contributed by atoms with van der Waals surface area (Å²) in [5, 5.41) is 7.09. The predicted octanol–water partition coefficient (Wildman–Crippen LogP) is 3.27. The Morgan fingerprint density at radius 3 is 2.89 bits per heavy atom. The van der Waals surface area contributed by atoms with Gasteiger partial charge in [-0.2, -0.15) is 11.8 Å². The zero-order chi connectivity index (χ0) is 13.7. The lowest BCUT2D eigenvalue weighted by Gasteiger charge is -2.26. The number of thioether (sulfide) groups is 1. The predicted molar refractivity (Wildman–Crippen MR) is 83.4 cm³/mol. The number of amides is 1. The molecule has 3 nitrogen and oxygen atoms in total. The third-order valence-electron chi connectivity index (χ3n) is 2.90. The molecule has 0 spiro atoms. The number of halogens is 2. The van der Waals surface area contributed by atoms with Gasteiger partial charge in [0.05, 0.1) is 10.7 Å². The van der Waals surface area contributed by atoms with Gasteiger partial charge in [-0.3, -0.25) is 4.79 Å². The topological polar surface area (TPSA) is 41.1 Å². The number of rotatable bonds is 6. The summed E-state index contributed by atoms with van der Waals surface area (Å²) in [5.41, 5.74) is 0.576. The lowest BCUT2D eigenvalue weighted by atomic mass is 10.1. The van der Waals surface area contributed by atoms with Gasteiger partial charge in [0.1, 0.15) is 0 Å². The van der Waals surface area contributed by atoms with Crippen LogP contribution in [0, 0.1) is 5.92 Å². The number of nitrogens with one attached hydrogen (secondary N) is 2. The average molecular weight is 319 g/mol. The first kappa shape index (κ1) is 15.0. The second-order valence-electron chi connectivity index (χ2n) is 4.52. The first-order valence-corrected chi connectivity index (χ1v) is 8.09. The van der Waals surface area contributed by atoms with E-state index in [1.165, 1.54) is 0 Å². The molecule has 0 radical (unpaired) electrons. The van der Waals surface area contributed by atoms with E-state index in [0.29, 0.717) is 22.2 Å². The first-order chi connectivity index (χ1) is 9.15. The van der Waals surface area contributed by atoms with Crippen molar-refractivity contribution >= 4 is 46.6 Å². The SMILES string of the molecule is O=C(CCSCC1CNC1)Nc1cc(Cl)ccc1Cl. The zero-order valence-corrected chi connectivity index (χ0v) is 12.7. The quantitative estimate of drug-likeness (QED) is 0.791. The largest absolute Gasteiger partial charge is 0.325 e. The maximum absolute atomic E-state index is 11.8. The van der Waals surface area contributed by atoms with Crippen molar-refractivity contribution in [3.8, 4) is 0 Å². The van der Waals surface area contributed by atoms with Crippen molar-refractivity contribution in [1.29, 1.82) is 0 Å². The minimum Gasteiger partial charge on any atom is -0.325 e. The molecule has 0 bridgehead atoms. The van der Waals surface area contributed by atoms with E-state index < -0.39 is 0 Å². The van der Waals surface area contributed by atoms with E-state index in [1.54, 1.807) is 18.2 Å². The van der Waals surface area contributed by atoms with Gasteiger partial charge < -0.3 is 10.6 Å². The highest BCUT2D eigenvalue weighted by molar-refractivity contribution is 7.99. The summed E-state index contributed by atoms with van der Waals surface area (Å²) in [4.78, 5) is 11.8. The highest BCUT2D eigenvalue weighted by Gasteiger charge is 2.16. The third-order valence-corrected chi connectivity index (χ3v) is 4.66. The Morgan fingerprint density at radius 1 is 1.42 bits per heavy atom. The van der Waals surface area contributed by atoms with Gasteiger partial charge in [0, 0.05) is 17.2 Å². The number of benzene rings is 1. The van der Waals surface area contributed by atoms with Crippen LogP contribution in [0.15, 0.2) is 18.2 Å². The highest BCUT2D eigenvalue weighted by atomic mass is 35.5. The molecule has 104 valence electrons. The Bertz CT molecular complexity index is 452. The maximum atomic E-state index is 11.8. The smallest absolute Gasteiger partial charge is 0.225 e. The van der Waals surface area contributed by atoms with Gasteiger partial charge in [0.15, 0.2) is 0 Å². The molecule has 0 unspecified atom stereocenters. The van der Waals surface area contributed by atoms with Crippen LogP contribution < -0.4 is 10.6 Å². The van der Waals surface area contributed by atoms with Crippen molar-refractivity contribution in [3.05, 3.63) is 28.2 Å². The van der Waals surface area contributed by atoms with Crippen LogP contribution in [0.25, 0.3) is 0 Å². The summed E-state index contributed by atoms with van der Waals surface area (Å²) in [6, 6.07) is 5.04. The van der Waals surface area contributed by atoms with Gasteiger partial charge in [-0.25, -0.2) is 0 Å². The Morgan fingerprint density at radius 2 is 2.21 bits per heavy atom. The summed E-state index contributed by atoms with van der Waals surface area (Å²) in [6.07, 6.45) is 0.494. The molecule has 1 aliphatic rings. The molecule has 1 aliphatic heterocycles. The molecular formula is C13H16Cl2N2OS. The minimum absolute atomic E-state index is 0.0246. The van der Waals surface area contributed by atoms with Crippen LogP contribution in [0.5, 0.6) is 0 Å². The van der Waals surface area contributed by atoms with Crippen LogP contribution in [-0.4, -0.2) is 30.5 Å². The molecule has 1 saturated heterocycles. The highest BCUT2D eigenvalue weighted by Crippen LogP contribution is 2.25. The Kier molecular flexibility index (Phi) is 5.82. The van der Waals surface area contributed by atoms with Crippen LogP contribution in [0.4, 0.5) is 5.69 Å². The normalized spacial score (nSPS) is 15.1. The third kappa shape index (κ3) is 4.88. The van der Waals surface area contributed by atoms with Gasteiger partial charge in [-0.05, 0) is 43.0 Å². The number of carbonyl (C=O) groups excluding carboxylic acids is 1. The van der Waals surface area contributed by atoms with Crippen LogP contribution in [0.3, 0.4) is 0 Å². The Balaban J connectivity index is 1.69. The monoisotopic (exact) mass is 318 g/mol. The molecule has 0 atom stereocenters. The lowest BCUT2D eigenvalue weighted by molar-refractivity contribution is -0.115. The molecule has 1 aromatic carbocycles. The Labute approximate surface area is 127 Å². The molecule has 1 aromatic rings. The minimum atomic E-state index is -0.0246. The van der Waals surface area contributed by atoms with E-state index in [4.69, 9.17) is 23.2 Å². The average Bonchev–Trinajstić information content (AvgIpc) is 2.31. The summed E-state index contributed by atoms with van der Waals surface area (Å²) in [7, 11) is 0. The molecule has 1 fully saturated rings. The van der Waals surface area contributed by atoms with Crippen LogP contribution >= 0.6 is 35.0 Å². The van der Waals surface area contributed by atoms with Crippen molar-refractivity contribution in [2.24, 2.45) is 5.92 Å². The summed E-state index contributed by atoms with van der Waals surface area (Å²) in [5.74, 6) is 2.71. The molecule has 1 heterocycles. The van der Waals surface area contributed by atoms with Gasteiger partial charge in [-0.15, -0.1) is 0 Å². The van der Waals surface area contributed by atoms with Crippen LogP contribution in [-0.2, 0) is 4.79 Å². The van der Waals surface area contributed by atoms with E-state index in [2.05, 4.69) is 10.6 Å². The second kappa shape index (κ2) is 7.39.